The Balaban J connectivity index is 1.09. The Kier molecular flexibility index (Phi) is 17.4. The molecule has 0 unspecified atom stereocenters. The summed E-state index contributed by atoms with van der Waals surface area (Å²) in [6.45, 7) is 7.43. The predicted molar refractivity (Wildman–Crippen MR) is 184 cm³/mol. The van der Waals surface area contributed by atoms with Crippen molar-refractivity contribution in [1.82, 2.24) is 16.0 Å². The van der Waals surface area contributed by atoms with Crippen molar-refractivity contribution in [2.45, 2.75) is 134 Å². The molecule has 2 saturated heterocycles. The number of amides is 3. The van der Waals surface area contributed by atoms with Gasteiger partial charge in [0.2, 0.25) is 5.91 Å². The number of cyclic esters (lactones) is 1. The molecule has 0 spiro atoms. The molecule has 6 atom stereocenters. The van der Waals surface area contributed by atoms with Crippen molar-refractivity contribution in [1.29, 1.82) is 0 Å². The van der Waals surface area contributed by atoms with Crippen molar-refractivity contribution in [3.8, 4) is 0 Å². The number of unbranched alkanes of at least 4 members (excludes halogenated alkanes) is 7. The van der Waals surface area contributed by atoms with Gasteiger partial charge in [-0.2, -0.15) is 11.8 Å². The molecule has 0 bridgehead atoms. The van der Waals surface area contributed by atoms with Gasteiger partial charge in [-0.15, -0.1) is 0 Å². The number of ether oxygens (including phenoxy) is 2. The average molecular weight is 660 g/mol. The van der Waals surface area contributed by atoms with E-state index in [1.165, 1.54) is 11.6 Å². The number of rotatable bonds is 22. The van der Waals surface area contributed by atoms with Gasteiger partial charge in [0.1, 0.15) is 6.10 Å². The first kappa shape index (κ1) is 37.7. The van der Waals surface area contributed by atoms with Crippen molar-refractivity contribution in [3.05, 3.63) is 36.0 Å². The number of urea groups is 1. The van der Waals surface area contributed by atoms with E-state index in [-0.39, 0.29) is 53.9 Å². The summed E-state index contributed by atoms with van der Waals surface area (Å²) in [5.41, 5.74) is 1.18. The van der Waals surface area contributed by atoms with Crippen LogP contribution in [0, 0.1) is 11.8 Å². The highest BCUT2D eigenvalue weighted by Crippen LogP contribution is 2.33. The number of hydrogen-bond donors (Lipinski definition) is 3. The van der Waals surface area contributed by atoms with Crippen LogP contribution in [0.3, 0.4) is 0 Å². The number of allylic oxidation sites excluding steroid dienone is 3. The second kappa shape index (κ2) is 21.2. The van der Waals surface area contributed by atoms with E-state index in [1.54, 1.807) is 0 Å². The van der Waals surface area contributed by atoms with E-state index in [9.17, 15) is 19.2 Å². The Morgan fingerprint density at radius 1 is 1.07 bits per heavy atom. The average Bonchev–Trinajstić information content (AvgIpc) is 3.58. The van der Waals surface area contributed by atoms with Crippen molar-refractivity contribution in [2.24, 2.45) is 11.8 Å². The second-order valence-corrected chi connectivity index (χ2v) is 14.3. The lowest BCUT2D eigenvalue weighted by Gasteiger charge is -2.21. The molecular formula is C36H57N3O6S. The van der Waals surface area contributed by atoms with Gasteiger partial charge in [-0.05, 0) is 50.5 Å². The van der Waals surface area contributed by atoms with E-state index in [2.05, 4.69) is 35.9 Å². The van der Waals surface area contributed by atoms with Crippen LogP contribution in [0.25, 0.3) is 0 Å². The molecule has 0 aromatic heterocycles. The molecule has 3 N–H and O–H groups in total. The number of carbonyl (C=O) groups is 4. The maximum absolute atomic E-state index is 12.1. The van der Waals surface area contributed by atoms with Crippen molar-refractivity contribution < 1.29 is 28.7 Å². The molecule has 0 aromatic carbocycles. The second-order valence-electron chi connectivity index (χ2n) is 13.0. The molecule has 3 aliphatic rings. The van der Waals surface area contributed by atoms with E-state index in [1.807, 2.05) is 36.9 Å². The molecule has 46 heavy (non-hydrogen) atoms. The molecule has 3 rings (SSSR count). The maximum atomic E-state index is 12.1. The minimum Gasteiger partial charge on any atom is -0.466 e. The first-order valence-electron chi connectivity index (χ1n) is 17.6. The molecule has 0 aliphatic carbocycles. The molecule has 258 valence electrons. The quantitative estimate of drug-likeness (QED) is 0.0523. The van der Waals surface area contributed by atoms with Crippen molar-refractivity contribution in [3.63, 3.8) is 0 Å². The number of fused-ring (bicyclic) bond motifs is 1. The standard InChI is InChI=1S/C36H57N3O6S/c1-4-28(18-19-30-27(3)17-20-34(42)45-30)24-26(2)21-23-44-33(41)16-10-8-6-5-7-9-13-22-37-32(40)15-12-11-14-31-35-29(25-46-31)38-36(43)39-35/h17-20,24,26-27,29-31,35H,4-16,21-23,25H2,1-3H3,(H,37,40)(H2,38,39,43)/b19-18+,28-24-/t26-,27+,29+,30+,31+,35+/m1/s1. The highest BCUT2D eigenvalue weighted by Gasteiger charge is 2.42. The first-order chi connectivity index (χ1) is 22.2. The zero-order valence-corrected chi connectivity index (χ0v) is 29.0. The number of thioether (sulfide) groups is 1. The van der Waals surface area contributed by atoms with Gasteiger partial charge in [0.15, 0.2) is 0 Å². The van der Waals surface area contributed by atoms with Gasteiger partial charge in [0, 0.05) is 42.4 Å². The summed E-state index contributed by atoms with van der Waals surface area (Å²) < 4.78 is 10.9. The molecule has 0 radical (unpaired) electrons. The summed E-state index contributed by atoms with van der Waals surface area (Å²) in [7, 11) is 0. The van der Waals surface area contributed by atoms with Gasteiger partial charge in [-0.25, -0.2) is 9.59 Å². The third-order valence-electron chi connectivity index (χ3n) is 9.01. The molecule has 10 heteroatoms. The fraction of sp³-hybridized carbons (Fsp3) is 0.722. The Morgan fingerprint density at radius 3 is 2.59 bits per heavy atom. The van der Waals surface area contributed by atoms with Crippen molar-refractivity contribution >= 4 is 35.6 Å². The summed E-state index contributed by atoms with van der Waals surface area (Å²) in [5, 5.41) is 9.50. The largest absolute Gasteiger partial charge is 0.466 e. The minimum absolute atomic E-state index is 0.0464. The number of hydrogen-bond acceptors (Lipinski definition) is 7. The van der Waals surface area contributed by atoms with E-state index in [0.29, 0.717) is 24.7 Å². The third kappa shape index (κ3) is 14.3. The zero-order valence-electron chi connectivity index (χ0n) is 28.2. The van der Waals surface area contributed by atoms with Crippen LogP contribution in [0.1, 0.15) is 111 Å². The Hall–Kier alpha value is -2.75. The normalized spacial score (nSPS) is 24.8. The van der Waals surface area contributed by atoms with Gasteiger partial charge in [0.25, 0.3) is 0 Å². The summed E-state index contributed by atoms with van der Waals surface area (Å²) >= 11 is 1.92. The van der Waals surface area contributed by atoms with E-state index < -0.39 is 0 Å². The molecule has 2 fully saturated rings. The lowest BCUT2D eigenvalue weighted by molar-refractivity contribution is -0.144. The zero-order chi connectivity index (χ0) is 33.1. The van der Waals surface area contributed by atoms with Gasteiger partial charge in [0.05, 0.1) is 18.7 Å². The summed E-state index contributed by atoms with van der Waals surface area (Å²) in [6.07, 6.45) is 22.4. The molecule has 3 heterocycles. The van der Waals surface area contributed by atoms with Crippen LogP contribution in [0.5, 0.6) is 0 Å². The number of esters is 2. The van der Waals surface area contributed by atoms with E-state index >= 15 is 0 Å². The Labute approximate surface area is 280 Å². The lowest BCUT2D eigenvalue weighted by Crippen LogP contribution is -2.36. The lowest BCUT2D eigenvalue weighted by atomic mass is 9.98. The number of nitrogens with one attached hydrogen (secondary N) is 3. The topological polar surface area (TPSA) is 123 Å². The van der Waals surface area contributed by atoms with Crippen LogP contribution >= 0.6 is 11.8 Å². The Morgan fingerprint density at radius 2 is 1.80 bits per heavy atom. The van der Waals surface area contributed by atoms with Crippen LogP contribution in [0.15, 0.2) is 36.0 Å². The van der Waals surface area contributed by atoms with Crippen LogP contribution in [-0.2, 0) is 23.9 Å². The smallest absolute Gasteiger partial charge is 0.331 e. The van der Waals surface area contributed by atoms with Crippen LogP contribution < -0.4 is 16.0 Å². The molecule has 0 saturated carbocycles. The Bertz CT molecular complexity index is 1080. The summed E-state index contributed by atoms with van der Waals surface area (Å²) in [5.74, 6) is 1.15. The van der Waals surface area contributed by atoms with Gasteiger partial charge >= 0.3 is 18.0 Å². The van der Waals surface area contributed by atoms with Gasteiger partial charge in [-0.1, -0.05) is 83.1 Å². The van der Waals surface area contributed by atoms with Gasteiger partial charge < -0.3 is 25.4 Å². The van der Waals surface area contributed by atoms with Crippen molar-refractivity contribution in [2.75, 3.05) is 18.9 Å². The van der Waals surface area contributed by atoms with E-state index in [4.69, 9.17) is 9.47 Å². The third-order valence-corrected chi connectivity index (χ3v) is 10.5. The molecular weight excluding hydrogens is 602 g/mol. The maximum Gasteiger partial charge on any atom is 0.331 e. The monoisotopic (exact) mass is 659 g/mol. The fourth-order valence-electron chi connectivity index (χ4n) is 6.09. The summed E-state index contributed by atoms with van der Waals surface area (Å²) in [6, 6.07) is 0.457. The van der Waals surface area contributed by atoms with Crippen LogP contribution in [0.4, 0.5) is 4.79 Å². The highest BCUT2D eigenvalue weighted by atomic mass is 32.2. The molecule has 0 aromatic rings. The number of carbonyl (C=O) groups excluding carboxylic acids is 4. The van der Waals surface area contributed by atoms with Gasteiger partial charge in [-0.3, -0.25) is 9.59 Å². The first-order valence-corrected chi connectivity index (χ1v) is 18.7. The van der Waals surface area contributed by atoms with Crippen LogP contribution in [-0.4, -0.2) is 66.2 Å². The molecule has 3 amide bonds. The molecule has 3 aliphatic heterocycles. The van der Waals surface area contributed by atoms with Crippen LogP contribution in [0.2, 0.25) is 0 Å². The summed E-state index contributed by atoms with van der Waals surface area (Å²) in [4.78, 5) is 47.3. The SMILES string of the molecule is CCC(=C/[C@H](C)CCOC(=O)CCCCCCCCCNC(=O)CCCC[C@@H]1SC[C@@H]2NC(=O)N[C@@H]21)/C=C/[C@@H]1OC(=O)C=C[C@@H]1C. The molecule has 9 nitrogen and oxygen atoms in total. The fourth-order valence-corrected chi connectivity index (χ4v) is 7.64. The predicted octanol–water partition coefficient (Wildman–Crippen LogP) is 6.53. The highest BCUT2D eigenvalue weighted by molar-refractivity contribution is 8.00. The van der Waals surface area contributed by atoms with E-state index in [0.717, 1.165) is 89.3 Å². The minimum atomic E-state index is -0.296.